The SMILES string of the molecule is CCC(C)C1NC(c2ccsc2)N(CC(C)CSC)C1=O. The number of thiophene rings is 1. The van der Waals surface area contributed by atoms with Crippen LogP contribution in [0, 0.1) is 11.8 Å². The topological polar surface area (TPSA) is 32.3 Å². The van der Waals surface area contributed by atoms with Crippen molar-refractivity contribution >= 4 is 29.0 Å². The van der Waals surface area contributed by atoms with E-state index in [4.69, 9.17) is 0 Å². The zero-order valence-electron chi connectivity index (χ0n) is 13.3. The molecule has 0 aliphatic carbocycles. The number of hydrogen-bond donors (Lipinski definition) is 1. The zero-order chi connectivity index (χ0) is 15.4. The van der Waals surface area contributed by atoms with Crippen molar-refractivity contribution in [1.82, 2.24) is 10.2 Å². The van der Waals surface area contributed by atoms with Crippen LogP contribution in [0.5, 0.6) is 0 Å². The average molecular weight is 327 g/mol. The van der Waals surface area contributed by atoms with Crippen molar-refractivity contribution in [3.63, 3.8) is 0 Å². The maximum atomic E-state index is 12.8. The third kappa shape index (κ3) is 3.82. The first-order valence-corrected chi connectivity index (χ1v) is 9.99. The van der Waals surface area contributed by atoms with Crippen LogP contribution in [0.4, 0.5) is 0 Å². The van der Waals surface area contributed by atoms with Gasteiger partial charge in [-0.25, -0.2) is 0 Å². The maximum absolute atomic E-state index is 12.8. The highest BCUT2D eigenvalue weighted by atomic mass is 32.2. The monoisotopic (exact) mass is 326 g/mol. The Balaban J connectivity index is 2.17. The third-order valence-corrected chi connectivity index (χ3v) is 5.83. The number of carbonyl (C=O) groups excluding carboxylic acids is 1. The molecule has 118 valence electrons. The Morgan fingerprint density at radius 3 is 2.81 bits per heavy atom. The number of nitrogens with zero attached hydrogens (tertiary/aromatic N) is 1. The first-order valence-electron chi connectivity index (χ1n) is 7.66. The first-order chi connectivity index (χ1) is 10.1. The Labute approximate surface area is 136 Å². The third-order valence-electron chi connectivity index (χ3n) is 4.23. The van der Waals surface area contributed by atoms with Crippen molar-refractivity contribution in [3.05, 3.63) is 22.4 Å². The molecule has 0 aromatic carbocycles. The van der Waals surface area contributed by atoms with Crippen LogP contribution in [0.1, 0.15) is 38.9 Å². The number of hydrogen-bond acceptors (Lipinski definition) is 4. The highest BCUT2D eigenvalue weighted by molar-refractivity contribution is 7.98. The maximum Gasteiger partial charge on any atom is 0.241 e. The standard InChI is InChI=1S/C16H26N2OS2/c1-5-12(3)14-16(19)18(8-11(2)9-20-4)15(17-14)13-6-7-21-10-13/h6-7,10-12,14-15,17H,5,8-9H2,1-4H3. The van der Waals surface area contributed by atoms with Gasteiger partial charge in [0, 0.05) is 6.54 Å². The van der Waals surface area contributed by atoms with Gasteiger partial charge in [0.15, 0.2) is 0 Å². The summed E-state index contributed by atoms with van der Waals surface area (Å²) in [7, 11) is 0. The van der Waals surface area contributed by atoms with E-state index in [1.165, 1.54) is 5.56 Å². The largest absolute Gasteiger partial charge is 0.321 e. The molecule has 1 aliphatic rings. The second kappa shape index (κ2) is 7.65. The van der Waals surface area contributed by atoms with Gasteiger partial charge in [-0.2, -0.15) is 23.1 Å². The van der Waals surface area contributed by atoms with Crippen LogP contribution in [0.2, 0.25) is 0 Å². The summed E-state index contributed by atoms with van der Waals surface area (Å²) < 4.78 is 0. The Kier molecular flexibility index (Phi) is 6.14. The fourth-order valence-corrected chi connectivity index (χ4v) is 4.21. The summed E-state index contributed by atoms with van der Waals surface area (Å²) in [6.07, 6.45) is 3.19. The van der Waals surface area contributed by atoms with Crippen LogP contribution >= 0.6 is 23.1 Å². The van der Waals surface area contributed by atoms with Gasteiger partial charge >= 0.3 is 0 Å². The molecule has 0 radical (unpaired) electrons. The van der Waals surface area contributed by atoms with Crippen LogP contribution in [0.25, 0.3) is 0 Å². The Morgan fingerprint density at radius 2 is 2.24 bits per heavy atom. The Bertz CT molecular complexity index is 449. The fourth-order valence-electron chi connectivity index (χ4n) is 2.86. The summed E-state index contributed by atoms with van der Waals surface area (Å²) in [5, 5.41) is 7.80. The summed E-state index contributed by atoms with van der Waals surface area (Å²) in [5.74, 6) is 2.25. The van der Waals surface area contributed by atoms with Crippen LogP contribution in [0.3, 0.4) is 0 Å². The normalized spacial score (nSPS) is 25.3. The average Bonchev–Trinajstić information content (AvgIpc) is 3.08. The minimum absolute atomic E-state index is 0.0404. The molecule has 2 rings (SSSR count). The summed E-state index contributed by atoms with van der Waals surface area (Å²) in [6, 6.07) is 2.09. The van der Waals surface area contributed by atoms with E-state index in [0.29, 0.717) is 11.8 Å². The lowest BCUT2D eigenvalue weighted by atomic mass is 9.99. The van der Waals surface area contributed by atoms with Gasteiger partial charge in [-0.15, -0.1) is 0 Å². The van der Waals surface area contributed by atoms with Crippen molar-refractivity contribution in [2.75, 3.05) is 18.6 Å². The molecule has 1 saturated heterocycles. The van der Waals surface area contributed by atoms with Gasteiger partial charge in [0.1, 0.15) is 6.17 Å². The molecule has 1 aromatic rings. The quantitative estimate of drug-likeness (QED) is 0.831. The molecular formula is C16H26N2OS2. The van der Waals surface area contributed by atoms with E-state index in [-0.39, 0.29) is 18.1 Å². The highest BCUT2D eigenvalue weighted by Gasteiger charge is 2.41. The number of thioether (sulfide) groups is 1. The van der Waals surface area contributed by atoms with E-state index >= 15 is 0 Å². The summed E-state index contributed by atoms with van der Waals surface area (Å²) in [5.41, 5.74) is 1.22. The highest BCUT2D eigenvalue weighted by Crippen LogP contribution is 2.31. The predicted octanol–water partition coefficient (Wildman–Crippen LogP) is 3.59. The lowest BCUT2D eigenvalue weighted by Crippen LogP contribution is -2.37. The molecule has 2 heterocycles. The van der Waals surface area contributed by atoms with Gasteiger partial charge < -0.3 is 4.90 Å². The molecule has 5 heteroatoms. The molecule has 4 unspecified atom stereocenters. The van der Waals surface area contributed by atoms with Crippen molar-refractivity contribution < 1.29 is 4.79 Å². The molecule has 0 spiro atoms. The van der Waals surface area contributed by atoms with Crippen molar-refractivity contribution in [2.24, 2.45) is 11.8 Å². The molecule has 1 amide bonds. The van der Waals surface area contributed by atoms with Crippen LogP contribution in [-0.4, -0.2) is 35.4 Å². The van der Waals surface area contributed by atoms with Gasteiger partial charge in [0.2, 0.25) is 5.91 Å². The zero-order valence-corrected chi connectivity index (χ0v) is 15.0. The van der Waals surface area contributed by atoms with Crippen LogP contribution < -0.4 is 5.32 Å². The molecule has 1 N–H and O–H groups in total. The summed E-state index contributed by atoms with van der Waals surface area (Å²) >= 11 is 3.54. The second-order valence-corrected chi connectivity index (χ2v) is 7.73. The molecule has 0 saturated carbocycles. The van der Waals surface area contributed by atoms with Gasteiger partial charge in [0.05, 0.1) is 6.04 Å². The molecule has 1 fully saturated rings. The molecule has 21 heavy (non-hydrogen) atoms. The summed E-state index contributed by atoms with van der Waals surface area (Å²) in [4.78, 5) is 14.9. The number of rotatable bonds is 7. The van der Waals surface area contributed by atoms with E-state index in [0.717, 1.165) is 18.7 Å². The van der Waals surface area contributed by atoms with E-state index < -0.39 is 0 Å². The van der Waals surface area contributed by atoms with E-state index in [1.54, 1.807) is 11.3 Å². The minimum Gasteiger partial charge on any atom is -0.321 e. The number of amides is 1. The minimum atomic E-state index is -0.0404. The Morgan fingerprint density at radius 1 is 1.48 bits per heavy atom. The van der Waals surface area contributed by atoms with E-state index in [1.807, 2.05) is 11.8 Å². The first kappa shape index (κ1) is 16.8. The number of nitrogens with one attached hydrogen (secondary N) is 1. The van der Waals surface area contributed by atoms with E-state index in [2.05, 4.69) is 54.1 Å². The summed E-state index contributed by atoms with van der Waals surface area (Å²) in [6.45, 7) is 7.37. The lowest BCUT2D eigenvalue weighted by Gasteiger charge is -2.26. The lowest BCUT2D eigenvalue weighted by molar-refractivity contribution is -0.131. The Hall–Kier alpha value is -0.520. The molecular weight excluding hydrogens is 300 g/mol. The molecule has 1 aliphatic heterocycles. The van der Waals surface area contributed by atoms with Gasteiger partial charge in [-0.1, -0.05) is 27.2 Å². The van der Waals surface area contributed by atoms with E-state index in [9.17, 15) is 4.79 Å². The fraction of sp³-hybridized carbons (Fsp3) is 0.688. The molecule has 0 bridgehead atoms. The molecule has 1 aromatic heterocycles. The number of carbonyl (C=O) groups is 1. The smallest absolute Gasteiger partial charge is 0.241 e. The van der Waals surface area contributed by atoms with Gasteiger partial charge in [-0.3, -0.25) is 10.1 Å². The molecule has 3 nitrogen and oxygen atoms in total. The van der Waals surface area contributed by atoms with Crippen LogP contribution in [-0.2, 0) is 4.79 Å². The van der Waals surface area contributed by atoms with Gasteiger partial charge in [0.25, 0.3) is 0 Å². The van der Waals surface area contributed by atoms with Crippen molar-refractivity contribution in [2.45, 2.75) is 39.4 Å². The van der Waals surface area contributed by atoms with Gasteiger partial charge in [-0.05, 0) is 46.2 Å². The second-order valence-electron chi connectivity index (χ2n) is 6.04. The molecule has 4 atom stereocenters. The van der Waals surface area contributed by atoms with Crippen molar-refractivity contribution in [3.8, 4) is 0 Å². The predicted molar refractivity (Wildman–Crippen MR) is 92.7 cm³/mol. The van der Waals surface area contributed by atoms with Crippen LogP contribution in [0.15, 0.2) is 16.8 Å². The van der Waals surface area contributed by atoms with Crippen molar-refractivity contribution in [1.29, 1.82) is 0 Å².